The summed E-state index contributed by atoms with van der Waals surface area (Å²) >= 11 is 6.09. The molecule has 0 aliphatic heterocycles. The second-order valence-electron chi connectivity index (χ2n) is 6.91. The van der Waals surface area contributed by atoms with Gasteiger partial charge in [-0.3, -0.25) is 9.10 Å². The second-order valence-corrected chi connectivity index (χ2v) is 9.23. The Morgan fingerprint density at radius 3 is 2.12 bits per heavy atom. The van der Waals surface area contributed by atoms with Crippen LogP contribution in [0.15, 0.2) is 66.7 Å². The van der Waals surface area contributed by atoms with E-state index in [1.165, 1.54) is 26.4 Å². The molecule has 3 aromatic carbocycles. The summed E-state index contributed by atoms with van der Waals surface area (Å²) in [6, 6.07) is 18.6. The molecule has 0 spiro atoms. The third kappa shape index (κ3) is 6.30. The van der Waals surface area contributed by atoms with E-state index in [1.807, 2.05) is 18.2 Å². The molecule has 174 valence electrons. The Balaban J connectivity index is 1.78. The van der Waals surface area contributed by atoms with Gasteiger partial charge in [-0.25, -0.2) is 8.42 Å². The molecule has 0 bridgehead atoms. The summed E-state index contributed by atoms with van der Waals surface area (Å²) in [5.41, 5.74) is 0.609. The molecule has 0 aromatic heterocycles. The number of benzene rings is 3. The van der Waals surface area contributed by atoms with Crippen molar-refractivity contribution in [3.8, 4) is 23.0 Å². The lowest BCUT2D eigenvalue weighted by Crippen LogP contribution is -2.37. The number of hydrogen-bond donors (Lipinski definition) is 1. The Kier molecular flexibility index (Phi) is 7.67. The number of nitrogens with one attached hydrogen (secondary N) is 1. The number of nitrogens with zero attached hydrogens (tertiary/aromatic N) is 1. The van der Waals surface area contributed by atoms with Crippen LogP contribution in [0, 0.1) is 0 Å². The summed E-state index contributed by atoms with van der Waals surface area (Å²) in [6.07, 6.45) is 1.03. The Hall–Kier alpha value is -3.43. The third-order valence-corrected chi connectivity index (χ3v) is 5.98. The highest BCUT2D eigenvalue weighted by Crippen LogP contribution is 2.36. The molecule has 3 rings (SSSR count). The van der Waals surface area contributed by atoms with Gasteiger partial charge in [0.1, 0.15) is 29.5 Å². The number of ether oxygens (including phenoxy) is 3. The van der Waals surface area contributed by atoms with E-state index in [0.29, 0.717) is 39.4 Å². The quantitative estimate of drug-likeness (QED) is 0.472. The van der Waals surface area contributed by atoms with Crippen molar-refractivity contribution in [3.05, 3.63) is 71.8 Å². The van der Waals surface area contributed by atoms with Crippen molar-refractivity contribution < 1.29 is 27.4 Å². The fourth-order valence-corrected chi connectivity index (χ4v) is 4.07. The smallest absolute Gasteiger partial charge is 0.245 e. The maximum Gasteiger partial charge on any atom is 0.245 e. The molecule has 0 unspecified atom stereocenters. The average Bonchev–Trinajstić information content (AvgIpc) is 2.79. The van der Waals surface area contributed by atoms with Gasteiger partial charge >= 0.3 is 0 Å². The fraction of sp³-hybridized carbons (Fsp3) is 0.174. The van der Waals surface area contributed by atoms with Crippen LogP contribution in [0.2, 0.25) is 5.02 Å². The van der Waals surface area contributed by atoms with Crippen LogP contribution in [0.3, 0.4) is 0 Å². The summed E-state index contributed by atoms with van der Waals surface area (Å²) < 4.78 is 42.0. The molecular weight excluding hydrogens is 468 g/mol. The van der Waals surface area contributed by atoms with Gasteiger partial charge in [-0.15, -0.1) is 0 Å². The van der Waals surface area contributed by atoms with Gasteiger partial charge in [0, 0.05) is 12.1 Å². The monoisotopic (exact) mass is 490 g/mol. The van der Waals surface area contributed by atoms with Crippen molar-refractivity contribution in [2.75, 3.05) is 36.6 Å². The molecule has 0 atom stereocenters. The van der Waals surface area contributed by atoms with Gasteiger partial charge in [-0.2, -0.15) is 0 Å². The maximum absolute atomic E-state index is 12.7. The summed E-state index contributed by atoms with van der Waals surface area (Å²) in [6.45, 7) is -0.453. The minimum Gasteiger partial charge on any atom is -0.495 e. The van der Waals surface area contributed by atoms with Crippen molar-refractivity contribution in [3.63, 3.8) is 0 Å². The minimum absolute atomic E-state index is 0.295. The molecule has 0 heterocycles. The Labute approximate surface area is 197 Å². The molecule has 0 fully saturated rings. The van der Waals surface area contributed by atoms with Crippen LogP contribution >= 0.6 is 11.6 Å². The van der Waals surface area contributed by atoms with Gasteiger partial charge in [-0.1, -0.05) is 29.8 Å². The number of para-hydroxylation sites is 1. The predicted octanol–water partition coefficient (Wildman–Crippen LogP) is 4.55. The molecule has 0 saturated heterocycles. The molecule has 0 aliphatic carbocycles. The predicted molar refractivity (Wildman–Crippen MR) is 128 cm³/mol. The number of anilines is 2. The van der Waals surface area contributed by atoms with Crippen molar-refractivity contribution in [1.82, 2.24) is 0 Å². The summed E-state index contributed by atoms with van der Waals surface area (Å²) in [4.78, 5) is 12.7. The van der Waals surface area contributed by atoms with Crippen LogP contribution in [-0.4, -0.2) is 41.3 Å². The number of carbonyl (C=O) groups excluding carboxylic acids is 1. The number of amides is 1. The van der Waals surface area contributed by atoms with Gasteiger partial charge in [-0.05, 0) is 36.4 Å². The van der Waals surface area contributed by atoms with Crippen LogP contribution in [0.4, 0.5) is 11.4 Å². The molecular formula is C23H23ClN2O6S. The molecule has 1 amide bonds. The summed E-state index contributed by atoms with van der Waals surface area (Å²) in [7, 11) is -0.891. The van der Waals surface area contributed by atoms with E-state index in [0.717, 1.165) is 10.6 Å². The number of hydrogen-bond acceptors (Lipinski definition) is 6. The van der Waals surface area contributed by atoms with E-state index in [-0.39, 0.29) is 0 Å². The third-order valence-electron chi connectivity index (χ3n) is 4.54. The van der Waals surface area contributed by atoms with E-state index in [1.54, 1.807) is 36.4 Å². The van der Waals surface area contributed by atoms with Crippen LogP contribution in [-0.2, 0) is 14.8 Å². The molecule has 3 aromatic rings. The molecule has 0 saturated carbocycles. The zero-order valence-electron chi connectivity index (χ0n) is 18.2. The number of carbonyl (C=O) groups is 1. The molecule has 10 heteroatoms. The maximum atomic E-state index is 12.7. The SMILES string of the molecule is COc1cc(NC(=O)CN(c2ccc(Oc3ccccc3)cc2)S(C)(=O)=O)c(OC)cc1Cl. The van der Waals surface area contributed by atoms with Crippen molar-refractivity contribution >= 4 is 38.9 Å². The van der Waals surface area contributed by atoms with E-state index in [4.69, 9.17) is 25.8 Å². The Morgan fingerprint density at radius 1 is 0.939 bits per heavy atom. The molecule has 1 N–H and O–H groups in total. The highest BCUT2D eigenvalue weighted by Gasteiger charge is 2.22. The van der Waals surface area contributed by atoms with Crippen LogP contribution < -0.4 is 23.8 Å². The van der Waals surface area contributed by atoms with Crippen LogP contribution in [0.5, 0.6) is 23.0 Å². The number of sulfonamides is 1. The first-order chi connectivity index (χ1) is 15.7. The Bertz CT molecular complexity index is 1220. The molecule has 0 radical (unpaired) electrons. The Morgan fingerprint density at radius 2 is 1.55 bits per heavy atom. The number of methoxy groups -OCH3 is 2. The standard InChI is InChI=1S/C23H23ClN2O6S/c1-30-21-14-20(22(31-2)13-19(21)24)25-23(27)15-26(33(3,28)29)16-9-11-18(12-10-16)32-17-7-5-4-6-8-17/h4-14H,15H2,1-3H3,(H,25,27). The highest BCUT2D eigenvalue weighted by molar-refractivity contribution is 7.92. The zero-order chi connectivity index (χ0) is 24.0. The normalized spacial score (nSPS) is 10.9. The van der Waals surface area contributed by atoms with E-state index in [9.17, 15) is 13.2 Å². The fourth-order valence-electron chi connectivity index (χ4n) is 2.98. The second kappa shape index (κ2) is 10.5. The van der Waals surface area contributed by atoms with Crippen molar-refractivity contribution in [2.45, 2.75) is 0 Å². The molecule has 8 nitrogen and oxygen atoms in total. The van der Waals surface area contributed by atoms with E-state index < -0.39 is 22.5 Å². The van der Waals surface area contributed by atoms with Crippen LogP contribution in [0.1, 0.15) is 0 Å². The van der Waals surface area contributed by atoms with Gasteiger partial charge in [0.2, 0.25) is 15.9 Å². The lowest BCUT2D eigenvalue weighted by molar-refractivity contribution is -0.114. The zero-order valence-corrected chi connectivity index (χ0v) is 19.8. The van der Waals surface area contributed by atoms with E-state index >= 15 is 0 Å². The van der Waals surface area contributed by atoms with Crippen molar-refractivity contribution in [1.29, 1.82) is 0 Å². The van der Waals surface area contributed by atoms with Crippen LogP contribution in [0.25, 0.3) is 0 Å². The van der Waals surface area contributed by atoms with Gasteiger partial charge < -0.3 is 19.5 Å². The van der Waals surface area contributed by atoms with Gasteiger partial charge in [0.25, 0.3) is 0 Å². The molecule has 0 aliphatic rings. The number of halogens is 1. The first kappa shape index (κ1) is 24.2. The highest BCUT2D eigenvalue weighted by atomic mass is 35.5. The average molecular weight is 491 g/mol. The first-order valence-corrected chi connectivity index (χ1v) is 12.0. The van der Waals surface area contributed by atoms with Crippen molar-refractivity contribution in [2.24, 2.45) is 0 Å². The van der Waals surface area contributed by atoms with Gasteiger partial charge in [0.05, 0.1) is 36.9 Å². The largest absolute Gasteiger partial charge is 0.495 e. The molecule has 33 heavy (non-hydrogen) atoms. The van der Waals surface area contributed by atoms with Gasteiger partial charge in [0.15, 0.2) is 0 Å². The summed E-state index contributed by atoms with van der Waals surface area (Å²) in [5.74, 6) is 1.25. The van der Waals surface area contributed by atoms with E-state index in [2.05, 4.69) is 5.32 Å². The summed E-state index contributed by atoms with van der Waals surface area (Å²) in [5, 5.41) is 2.95. The topological polar surface area (TPSA) is 94.2 Å². The minimum atomic E-state index is -3.76. The first-order valence-electron chi connectivity index (χ1n) is 9.73. The lowest BCUT2D eigenvalue weighted by atomic mass is 10.2. The lowest BCUT2D eigenvalue weighted by Gasteiger charge is -2.22. The number of rotatable bonds is 9.